The lowest BCUT2D eigenvalue weighted by atomic mass is 10.0. The van der Waals surface area contributed by atoms with Crippen molar-refractivity contribution < 1.29 is 8.78 Å². The Bertz CT molecular complexity index is 1180. The van der Waals surface area contributed by atoms with Crippen LogP contribution in [0.1, 0.15) is 25.3 Å². The van der Waals surface area contributed by atoms with Crippen molar-refractivity contribution in [1.29, 1.82) is 0 Å². The number of pyridine rings is 1. The zero-order valence-corrected chi connectivity index (χ0v) is 16.3. The molecular formula is C21H22F2N6O. The summed E-state index contributed by atoms with van der Waals surface area (Å²) in [5, 5.41) is 6.98. The van der Waals surface area contributed by atoms with Crippen LogP contribution in [0, 0.1) is 17.6 Å². The minimum Gasteiger partial charge on any atom is -0.396 e. The summed E-state index contributed by atoms with van der Waals surface area (Å²) in [5.41, 5.74) is 4.88. The molecule has 0 bridgehead atoms. The molecule has 1 aliphatic carbocycles. The SMILES string of the molecule is Nc1ccc(F)c(-c2cc3cnc(NCC4CC4)nc3n(C3CCNC3)c2=O)c1F. The Hall–Kier alpha value is -3.07. The highest BCUT2D eigenvalue weighted by molar-refractivity contribution is 5.82. The highest BCUT2D eigenvalue weighted by Gasteiger charge is 2.26. The van der Waals surface area contributed by atoms with Crippen LogP contribution >= 0.6 is 0 Å². The van der Waals surface area contributed by atoms with Gasteiger partial charge in [-0.1, -0.05) is 0 Å². The fraction of sp³-hybridized carbons (Fsp3) is 0.381. The highest BCUT2D eigenvalue weighted by atomic mass is 19.1. The molecule has 7 nitrogen and oxygen atoms in total. The topological polar surface area (TPSA) is 97.9 Å². The van der Waals surface area contributed by atoms with Crippen molar-refractivity contribution in [2.45, 2.75) is 25.3 Å². The Morgan fingerprint density at radius 3 is 2.83 bits per heavy atom. The normalized spacial score (nSPS) is 18.8. The van der Waals surface area contributed by atoms with E-state index in [4.69, 9.17) is 5.73 Å². The van der Waals surface area contributed by atoms with Crippen molar-refractivity contribution in [3.05, 3.63) is 46.4 Å². The monoisotopic (exact) mass is 412 g/mol. The maximum absolute atomic E-state index is 14.7. The summed E-state index contributed by atoms with van der Waals surface area (Å²) < 4.78 is 30.8. The van der Waals surface area contributed by atoms with Gasteiger partial charge in [-0.05, 0) is 49.9 Å². The van der Waals surface area contributed by atoms with E-state index in [0.717, 1.165) is 31.6 Å². The van der Waals surface area contributed by atoms with Crippen LogP contribution < -0.4 is 21.9 Å². The first-order valence-electron chi connectivity index (χ1n) is 10.1. The van der Waals surface area contributed by atoms with E-state index in [2.05, 4.69) is 20.6 Å². The van der Waals surface area contributed by atoms with Crippen LogP contribution in [0.25, 0.3) is 22.2 Å². The van der Waals surface area contributed by atoms with E-state index < -0.39 is 22.8 Å². The van der Waals surface area contributed by atoms with Crippen molar-refractivity contribution in [3.63, 3.8) is 0 Å². The molecule has 0 spiro atoms. The van der Waals surface area contributed by atoms with Crippen LogP contribution in [0.4, 0.5) is 20.4 Å². The van der Waals surface area contributed by atoms with Gasteiger partial charge in [0.05, 0.1) is 22.9 Å². The van der Waals surface area contributed by atoms with Crippen molar-refractivity contribution in [2.24, 2.45) is 5.92 Å². The number of fused-ring (bicyclic) bond motifs is 1. The summed E-state index contributed by atoms with van der Waals surface area (Å²) in [7, 11) is 0. The molecule has 1 atom stereocenters. The van der Waals surface area contributed by atoms with E-state index in [9.17, 15) is 13.6 Å². The van der Waals surface area contributed by atoms with Crippen LogP contribution in [0.3, 0.4) is 0 Å². The molecule has 156 valence electrons. The number of rotatable bonds is 5. The van der Waals surface area contributed by atoms with Gasteiger partial charge in [0.15, 0.2) is 5.82 Å². The summed E-state index contributed by atoms with van der Waals surface area (Å²) in [4.78, 5) is 22.4. The van der Waals surface area contributed by atoms with Gasteiger partial charge in [0, 0.05) is 24.7 Å². The first kappa shape index (κ1) is 18.9. The maximum Gasteiger partial charge on any atom is 0.260 e. The molecule has 30 heavy (non-hydrogen) atoms. The average Bonchev–Trinajstić information content (AvgIpc) is 3.42. The van der Waals surface area contributed by atoms with Crippen LogP contribution in [-0.4, -0.2) is 34.2 Å². The van der Waals surface area contributed by atoms with E-state index in [1.165, 1.54) is 23.5 Å². The zero-order valence-electron chi connectivity index (χ0n) is 16.3. The van der Waals surface area contributed by atoms with E-state index >= 15 is 0 Å². The van der Waals surface area contributed by atoms with Gasteiger partial charge in [0.25, 0.3) is 5.56 Å². The smallest absolute Gasteiger partial charge is 0.260 e. The molecule has 2 fully saturated rings. The van der Waals surface area contributed by atoms with Crippen molar-refractivity contribution >= 4 is 22.7 Å². The van der Waals surface area contributed by atoms with Crippen molar-refractivity contribution in [2.75, 3.05) is 30.7 Å². The third-order valence-electron chi connectivity index (χ3n) is 5.81. The molecule has 0 radical (unpaired) electrons. The van der Waals surface area contributed by atoms with Crippen LogP contribution in [0.2, 0.25) is 0 Å². The molecule has 1 aliphatic heterocycles. The zero-order chi connectivity index (χ0) is 20.8. The van der Waals surface area contributed by atoms with E-state index in [0.29, 0.717) is 29.4 Å². The quantitative estimate of drug-likeness (QED) is 0.558. The van der Waals surface area contributed by atoms with Gasteiger partial charge in [-0.15, -0.1) is 0 Å². The second-order valence-electron chi connectivity index (χ2n) is 8.00. The maximum atomic E-state index is 14.7. The van der Waals surface area contributed by atoms with Crippen LogP contribution in [0.5, 0.6) is 0 Å². The van der Waals surface area contributed by atoms with Crippen LogP contribution in [-0.2, 0) is 0 Å². The van der Waals surface area contributed by atoms with Gasteiger partial charge in [-0.25, -0.2) is 13.8 Å². The van der Waals surface area contributed by atoms with Gasteiger partial charge in [0.1, 0.15) is 11.5 Å². The molecule has 2 aromatic heterocycles. The molecule has 1 saturated heterocycles. The summed E-state index contributed by atoms with van der Waals surface area (Å²) in [6.07, 6.45) is 4.69. The number of nitrogens with one attached hydrogen (secondary N) is 2. The number of nitrogen functional groups attached to an aromatic ring is 1. The van der Waals surface area contributed by atoms with Gasteiger partial charge in [0.2, 0.25) is 5.95 Å². The number of benzene rings is 1. The van der Waals surface area contributed by atoms with Crippen molar-refractivity contribution in [1.82, 2.24) is 19.9 Å². The van der Waals surface area contributed by atoms with Gasteiger partial charge in [-0.2, -0.15) is 4.98 Å². The number of hydrogen-bond donors (Lipinski definition) is 3. The second-order valence-corrected chi connectivity index (χ2v) is 8.00. The molecule has 9 heteroatoms. The molecular weight excluding hydrogens is 390 g/mol. The fourth-order valence-corrected chi connectivity index (χ4v) is 3.96. The first-order valence-corrected chi connectivity index (χ1v) is 10.1. The predicted molar refractivity (Wildman–Crippen MR) is 111 cm³/mol. The number of nitrogens with zero attached hydrogens (tertiary/aromatic N) is 3. The molecule has 1 aromatic carbocycles. The Balaban J connectivity index is 1.71. The number of aromatic nitrogens is 3. The summed E-state index contributed by atoms with van der Waals surface area (Å²) >= 11 is 0. The summed E-state index contributed by atoms with van der Waals surface area (Å²) in [5.74, 6) is -0.686. The Morgan fingerprint density at radius 1 is 1.27 bits per heavy atom. The molecule has 5 rings (SSSR count). The minimum absolute atomic E-state index is 0.0843. The van der Waals surface area contributed by atoms with E-state index in [1.54, 1.807) is 6.20 Å². The standard InChI is InChI=1S/C21H22F2N6O/c22-15-3-4-16(24)18(23)17(15)14-7-12-9-27-21(26-8-11-1-2-11)28-19(12)29(20(14)30)13-5-6-25-10-13/h3-4,7,9,11,13,25H,1-2,5-6,8,10,24H2,(H,26,27,28). The molecule has 1 unspecified atom stereocenters. The third kappa shape index (κ3) is 3.28. The molecule has 2 aliphatic rings. The van der Waals surface area contributed by atoms with Gasteiger partial charge < -0.3 is 16.4 Å². The molecule has 3 heterocycles. The fourth-order valence-electron chi connectivity index (χ4n) is 3.96. The van der Waals surface area contributed by atoms with E-state index in [1.807, 2.05) is 0 Å². The lowest BCUT2D eigenvalue weighted by molar-refractivity contribution is 0.542. The highest BCUT2D eigenvalue weighted by Crippen LogP contribution is 2.31. The summed E-state index contributed by atoms with van der Waals surface area (Å²) in [6, 6.07) is 3.50. The second kappa shape index (κ2) is 7.32. The Labute approximate surface area is 171 Å². The van der Waals surface area contributed by atoms with Crippen molar-refractivity contribution in [3.8, 4) is 11.1 Å². The summed E-state index contributed by atoms with van der Waals surface area (Å²) in [6.45, 7) is 2.12. The van der Waals surface area contributed by atoms with Crippen LogP contribution in [0.15, 0.2) is 29.2 Å². The Morgan fingerprint density at radius 2 is 2.10 bits per heavy atom. The third-order valence-corrected chi connectivity index (χ3v) is 5.81. The van der Waals surface area contributed by atoms with Gasteiger partial charge in [-0.3, -0.25) is 9.36 Å². The first-order chi connectivity index (χ1) is 14.5. The van der Waals surface area contributed by atoms with Gasteiger partial charge >= 0.3 is 0 Å². The Kier molecular flexibility index (Phi) is 4.62. The number of nitrogens with two attached hydrogens (primary N) is 1. The molecule has 1 saturated carbocycles. The van der Waals surface area contributed by atoms with E-state index in [-0.39, 0.29) is 17.3 Å². The minimum atomic E-state index is -0.939. The number of anilines is 2. The molecule has 3 aromatic rings. The lowest BCUT2D eigenvalue weighted by Crippen LogP contribution is -2.29. The molecule has 0 amide bonds. The number of halogens is 2. The molecule has 4 N–H and O–H groups in total. The lowest BCUT2D eigenvalue weighted by Gasteiger charge is -2.18. The largest absolute Gasteiger partial charge is 0.396 e. The average molecular weight is 412 g/mol. The predicted octanol–water partition coefficient (Wildman–Crippen LogP) is 2.68. The number of hydrogen-bond acceptors (Lipinski definition) is 6.